The van der Waals surface area contributed by atoms with Gasteiger partial charge in [0.15, 0.2) is 0 Å². The molecule has 0 bridgehead atoms. The van der Waals surface area contributed by atoms with E-state index in [1.165, 1.54) is 10.6 Å². The molecule has 5 nitrogen and oxygen atoms in total. The molecular weight excluding hydrogens is 230 g/mol. The normalized spacial score (nSPS) is 10.1. The molecular formula is C13H13N3O2. The van der Waals surface area contributed by atoms with E-state index in [0.717, 1.165) is 5.56 Å². The predicted octanol–water partition coefficient (Wildman–Crippen LogP) is 1.34. The molecule has 1 N–H and O–H groups in total. The molecule has 0 spiro atoms. The maximum Gasteiger partial charge on any atom is 0.257 e. The Kier molecular flexibility index (Phi) is 3.23. The number of carbonyl (C=O) groups excluding carboxylic acids is 1. The van der Waals surface area contributed by atoms with Crippen LogP contribution in [0.15, 0.2) is 41.5 Å². The number of nitrogens with one attached hydrogen (secondary N) is 1. The molecule has 1 amide bonds. The van der Waals surface area contributed by atoms with Crippen molar-refractivity contribution in [1.29, 1.82) is 0 Å². The Morgan fingerprint density at radius 3 is 2.72 bits per heavy atom. The van der Waals surface area contributed by atoms with Gasteiger partial charge >= 0.3 is 0 Å². The van der Waals surface area contributed by atoms with Crippen LogP contribution in [0.5, 0.6) is 0 Å². The summed E-state index contributed by atoms with van der Waals surface area (Å²) in [5, 5.41) is 2.63. The molecule has 0 radical (unpaired) electrons. The summed E-state index contributed by atoms with van der Waals surface area (Å²) < 4.78 is 1.40. The maximum absolute atomic E-state index is 11.9. The van der Waals surface area contributed by atoms with Gasteiger partial charge in [0.1, 0.15) is 5.82 Å². The quantitative estimate of drug-likeness (QED) is 0.865. The number of pyridine rings is 2. The molecule has 0 aliphatic heterocycles. The van der Waals surface area contributed by atoms with Crippen LogP contribution in [0.25, 0.3) is 0 Å². The Morgan fingerprint density at radius 2 is 2.11 bits per heavy atom. The molecule has 2 aromatic rings. The number of anilines is 1. The number of hydrogen-bond donors (Lipinski definition) is 1. The highest BCUT2D eigenvalue weighted by molar-refractivity contribution is 6.03. The third-order valence-corrected chi connectivity index (χ3v) is 2.52. The van der Waals surface area contributed by atoms with Crippen molar-refractivity contribution in [1.82, 2.24) is 9.55 Å². The minimum Gasteiger partial charge on any atom is -0.319 e. The summed E-state index contributed by atoms with van der Waals surface area (Å²) in [5.41, 5.74) is 1.11. The minimum absolute atomic E-state index is 0.223. The van der Waals surface area contributed by atoms with Gasteiger partial charge in [-0.3, -0.25) is 9.59 Å². The third-order valence-electron chi connectivity index (χ3n) is 2.52. The second-order valence-corrected chi connectivity index (χ2v) is 4.04. The molecule has 0 saturated carbocycles. The average molecular weight is 243 g/mol. The van der Waals surface area contributed by atoms with Crippen LogP contribution < -0.4 is 10.9 Å². The molecule has 0 fully saturated rings. The van der Waals surface area contributed by atoms with E-state index in [9.17, 15) is 9.59 Å². The zero-order chi connectivity index (χ0) is 13.1. The van der Waals surface area contributed by atoms with Gasteiger partial charge in [-0.1, -0.05) is 6.07 Å². The van der Waals surface area contributed by atoms with Gasteiger partial charge in [0.05, 0.1) is 0 Å². The average Bonchev–Trinajstić information content (AvgIpc) is 2.35. The maximum atomic E-state index is 11.9. The van der Waals surface area contributed by atoms with Crippen LogP contribution in [0.1, 0.15) is 15.9 Å². The minimum atomic E-state index is -0.343. The highest BCUT2D eigenvalue weighted by Gasteiger charge is 2.07. The van der Waals surface area contributed by atoms with Crippen molar-refractivity contribution in [2.45, 2.75) is 6.92 Å². The molecule has 18 heavy (non-hydrogen) atoms. The fraction of sp³-hybridized carbons (Fsp3) is 0.154. The molecule has 0 aliphatic carbocycles. The van der Waals surface area contributed by atoms with Crippen LogP contribution in [0.4, 0.5) is 5.82 Å². The van der Waals surface area contributed by atoms with Gasteiger partial charge in [-0.05, 0) is 24.6 Å². The van der Waals surface area contributed by atoms with Crippen LogP contribution in [0, 0.1) is 6.92 Å². The number of aromatic nitrogens is 2. The van der Waals surface area contributed by atoms with Gasteiger partial charge in [0.2, 0.25) is 0 Å². The summed E-state index contributed by atoms with van der Waals surface area (Å²) in [6, 6.07) is 6.45. The van der Waals surface area contributed by atoms with Gasteiger partial charge in [-0.25, -0.2) is 4.98 Å². The Morgan fingerprint density at radius 1 is 1.33 bits per heavy atom. The SMILES string of the molecule is Cc1ccc(NC(=O)c2ccn(C)c(=O)c2)nc1. The third kappa shape index (κ3) is 2.63. The molecule has 2 aromatic heterocycles. The van der Waals surface area contributed by atoms with Crippen LogP contribution in [-0.4, -0.2) is 15.5 Å². The highest BCUT2D eigenvalue weighted by atomic mass is 16.2. The lowest BCUT2D eigenvalue weighted by Gasteiger charge is -2.05. The molecule has 2 rings (SSSR count). The summed E-state index contributed by atoms with van der Waals surface area (Å²) in [6.07, 6.45) is 3.22. The van der Waals surface area contributed by atoms with E-state index < -0.39 is 0 Å². The smallest absolute Gasteiger partial charge is 0.257 e. The highest BCUT2D eigenvalue weighted by Crippen LogP contribution is 2.06. The van der Waals surface area contributed by atoms with E-state index in [4.69, 9.17) is 0 Å². The summed E-state index contributed by atoms with van der Waals surface area (Å²) in [6.45, 7) is 1.92. The fourth-order valence-electron chi connectivity index (χ4n) is 1.42. The molecule has 0 atom stereocenters. The van der Waals surface area contributed by atoms with Crippen molar-refractivity contribution in [3.05, 3.63) is 58.1 Å². The number of nitrogens with zero attached hydrogens (tertiary/aromatic N) is 2. The van der Waals surface area contributed by atoms with Crippen LogP contribution >= 0.6 is 0 Å². The zero-order valence-corrected chi connectivity index (χ0v) is 10.2. The zero-order valence-electron chi connectivity index (χ0n) is 10.2. The lowest BCUT2D eigenvalue weighted by Crippen LogP contribution is -2.20. The van der Waals surface area contributed by atoms with Crippen molar-refractivity contribution in [3.8, 4) is 0 Å². The van der Waals surface area contributed by atoms with Crippen LogP contribution in [-0.2, 0) is 7.05 Å². The predicted molar refractivity (Wildman–Crippen MR) is 68.6 cm³/mol. The van der Waals surface area contributed by atoms with Crippen molar-refractivity contribution >= 4 is 11.7 Å². The molecule has 92 valence electrons. The molecule has 0 aromatic carbocycles. The first-order valence-corrected chi connectivity index (χ1v) is 5.47. The van der Waals surface area contributed by atoms with Gasteiger partial charge in [-0.15, -0.1) is 0 Å². The molecule has 5 heteroatoms. The van der Waals surface area contributed by atoms with Gasteiger partial charge in [0, 0.05) is 31.1 Å². The van der Waals surface area contributed by atoms with E-state index in [0.29, 0.717) is 11.4 Å². The lowest BCUT2D eigenvalue weighted by atomic mass is 10.2. The largest absolute Gasteiger partial charge is 0.319 e. The number of amides is 1. The number of aryl methyl sites for hydroxylation is 2. The molecule has 0 unspecified atom stereocenters. The monoisotopic (exact) mass is 243 g/mol. The second kappa shape index (κ2) is 4.83. The molecule has 0 aliphatic rings. The van der Waals surface area contributed by atoms with E-state index in [2.05, 4.69) is 10.3 Å². The van der Waals surface area contributed by atoms with E-state index in [1.54, 1.807) is 31.6 Å². The Balaban J connectivity index is 2.19. The van der Waals surface area contributed by atoms with Crippen molar-refractivity contribution in [2.75, 3.05) is 5.32 Å². The Bertz CT molecular complexity index is 629. The first-order chi connectivity index (χ1) is 8.56. The lowest BCUT2D eigenvalue weighted by molar-refractivity contribution is 0.102. The van der Waals surface area contributed by atoms with Crippen LogP contribution in [0.3, 0.4) is 0 Å². The Hall–Kier alpha value is -2.43. The summed E-state index contributed by atoms with van der Waals surface area (Å²) in [5.74, 6) is 0.121. The molecule has 0 saturated heterocycles. The fourth-order valence-corrected chi connectivity index (χ4v) is 1.42. The topological polar surface area (TPSA) is 64.0 Å². The van der Waals surface area contributed by atoms with Crippen molar-refractivity contribution in [2.24, 2.45) is 7.05 Å². The first-order valence-electron chi connectivity index (χ1n) is 5.47. The number of carbonyl (C=O) groups is 1. The van der Waals surface area contributed by atoms with Gasteiger partial charge in [-0.2, -0.15) is 0 Å². The summed E-state index contributed by atoms with van der Waals surface area (Å²) >= 11 is 0. The van der Waals surface area contributed by atoms with Crippen molar-refractivity contribution < 1.29 is 4.79 Å². The number of hydrogen-bond acceptors (Lipinski definition) is 3. The van der Waals surface area contributed by atoms with Crippen LogP contribution in [0.2, 0.25) is 0 Å². The first kappa shape index (κ1) is 12.0. The van der Waals surface area contributed by atoms with E-state index >= 15 is 0 Å². The standard InChI is InChI=1S/C13H13N3O2/c1-9-3-4-11(14-8-9)15-13(18)10-5-6-16(2)12(17)7-10/h3-8H,1-2H3,(H,14,15,18). The number of rotatable bonds is 2. The van der Waals surface area contributed by atoms with Gasteiger partial charge in [0.25, 0.3) is 11.5 Å². The van der Waals surface area contributed by atoms with E-state index in [-0.39, 0.29) is 11.5 Å². The molecule has 2 heterocycles. The summed E-state index contributed by atoms with van der Waals surface area (Å²) in [7, 11) is 1.63. The second-order valence-electron chi connectivity index (χ2n) is 4.04. The summed E-state index contributed by atoms with van der Waals surface area (Å²) in [4.78, 5) is 27.3. The Labute approximate surface area is 104 Å². The van der Waals surface area contributed by atoms with Crippen molar-refractivity contribution in [3.63, 3.8) is 0 Å². The van der Waals surface area contributed by atoms with Gasteiger partial charge < -0.3 is 9.88 Å². The van der Waals surface area contributed by atoms with E-state index in [1.807, 2.05) is 13.0 Å².